The van der Waals surface area contributed by atoms with E-state index in [4.69, 9.17) is 0 Å². The summed E-state index contributed by atoms with van der Waals surface area (Å²) in [6, 6.07) is 11.7. The van der Waals surface area contributed by atoms with Gasteiger partial charge in [-0.25, -0.2) is 0 Å². The van der Waals surface area contributed by atoms with Crippen molar-refractivity contribution in [2.24, 2.45) is 0 Å². The second-order valence-corrected chi connectivity index (χ2v) is 6.34. The number of nitrogens with zero attached hydrogens (tertiary/aromatic N) is 3. The van der Waals surface area contributed by atoms with Gasteiger partial charge in [0.15, 0.2) is 0 Å². The lowest BCUT2D eigenvalue weighted by Gasteiger charge is -2.37. The minimum atomic E-state index is 0.802. The van der Waals surface area contributed by atoms with E-state index in [0.29, 0.717) is 0 Å². The summed E-state index contributed by atoms with van der Waals surface area (Å²) < 4.78 is 0. The van der Waals surface area contributed by atoms with Crippen LogP contribution in [0.4, 0.5) is 0 Å². The highest BCUT2D eigenvalue weighted by Gasteiger charge is 2.25. The van der Waals surface area contributed by atoms with E-state index >= 15 is 0 Å². The second-order valence-electron chi connectivity index (χ2n) is 6.34. The Morgan fingerprint density at radius 2 is 1.65 bits per heavy atom. The summed E-state index contributed by atoms with van der Waals surface area (Å²) in [5, 5.41) is 0. The van der Waals surface area contributed by atoms with Crippen molar-refractivity contribution in [3.8, 4) is 0 Å². The van der Waals surface area contributed by atoms with Crippen molar-refractivity contribution < 1.29 is 0 Å². The van der Waals surface area contributed by atoms with Crippen LogP contribution in [0.25, 0.3) is 0 Å². The first-order valence-electron chi connectivity index (χ1n) is 8.00. The third-order valence-corrected chi connectivity index (χ3v) is 4.85. The molecule has 1 unspecified atom stereocenters. The molecule has 1 aromatic carbocycles. The lowest BCUT2D eigenvalue weighted by Crippen LogP contribution is -2.49. The molecule has 2 saturated heterocycles. The molecule has 0 bridgehead atoms. The smallest absolute Gasteiger partial charge is 0.0234 e. The van der Waals surface area contributed by atoms with Crippen LogP contribution in [0.2, 0.25) is 0 Å². The Balaban J connectivity index is 1.43. The molecule has 0 radical (unpaired) electrons. The highest BCUT2D eigenvalue weighted by Crippen LogP contribution is 2.17. The first kappa shape index (κ1) is 14.1. The highest BCUT2D eigenvalue weighted by atomic mass is 15.3. The van der Waals surface area contributed by atoms with E-state index in [-0.39, 0.29) is 0 Å². The first-order chi connectivity index (χ1) is 9.81. The zero-order valence-electron chi connectivity index (χ0n) is 12.7. The van der Waals surface area contributed by atoms with Crippen molar-refractivity contribution >= 4 is 0 Å². The molecule has 2 aliphatic heterocycles. The fourth-order valence-electron chi connectivity index (χ4n) is 3.48. The molecule has 2 aliphatic rings. The van der Waals surface area contributed by atoms with Crippen molar-refractivity contribution in [1.82, 2.24) is 14.7 Å². The molecular weight excluding hydrogens is 246 g/mol. The zero-order chi connectivity index (χ0) is 13.8. The van der Waals surface area contributed by atoms with Gasteiger partial charge in [-0.2, -0.15) is 0 Å². The maximum absolute atomic E-state index is 2.66. The molecule has 0 aromatic heterocycles. The zero-order valence-corrected chi connectivity index (χ0v) is 12.7. The lowest BCUT2D eigenvalue weighted by atomic mass is 10.1. The van der Waals surface area contributed by atoms with Crippen LogP contribution in [0, 0.1) is 0 Å². The summed E-state index contributed by atoms with van der Waals surface area (Å²) in [6.07, 6.45) is 2.77. The van der Waals surface area contributed by atoms with Crippen LogP contribution >= 0.6 is 0 Å². The van der Waals surface area contributed by atoms with E-state index in [0.717, 1.165) is 12.6 Å². The van der Waals surface area contributed by atoms with E-state index in [2.05, 4.69) is 52.1 Å². The Hall–Kier alpha value is -0.900. The molecule has 0 aliphatic carbocycles. The van der Waals surface area contributed by atoms with Gasteiger partial charge in [0.25, 0.3) is 0 Å². The molecule has 3 heteroatoms. The number of likely N-dealkylation sites (tertiary alicyclic amines) is 1. The number of piperazine rings is 1. The number of likely N-dealkylation sites (N-methyl/N-ethyl adjacent to an activating group) is 1. The van der Waals surface area contributed by atoms with Gasteiger partial charge >= 0.3 is 0 Å². The van der Waals surface area contributed by atoms with Crippen molar-refractivity contribution in [3.63, 3.8) is 0 Å². The molecule has 2 fully saturated rings. The van der Waals surface area contributed by atoms with Gasteiger partial charge in [0.05, 0.1) is 0 Å². The topological polar surface area (TPSA) is 9.72 Å². The molecule has 0 saturated carbocycles. The van der Waals surface area contributed by atoms with Crippen LogP contribution < -0.4 is 0 Å². The Labute approximate surface area is 123 Å². The molecule has 1 atom stereocenters. The van der Waals surface area contributed by atoms with Crippen LogP contribution in [0.15, 0.2) is 30.3 Å². The van der Waals surface area contributed by atoms with Gasteiger partial charge in [-0.15, -0.1) is 0 Å². The fraction of sp³-hybridized carbons (Fsp3) is 0.647. The van der Waals surface area contributed by atoms with E-state index < -0.39 is 0 Å². The predicted octanol–water partition coefficient (Wildman–Crippen LogP) is 1.90. The average Bonchev–Trinajstić information content (AvgIpc) is 2.88. The van der Waals surface area contributed by atoms with Gasteiger partial charge < -0.3 is 4.90 Å². The maximum Gasteiger partial charge on any atom is 0.0234 e. The minimum absolute atomic E-state index is 0.802. The molecule has 0 amide bonds. The quantitative estimate of drug-likeness (QED) is 0.829. The number of rotatable bonds is 4. The largest absolute Gasteiger partial charge is 0.302 e. The normalized spacial score (nSPS) is 26.1. The van der Waals surface area contributed by atoms with E-state index in [1.807, 2.05) is 0 Å². The summed E-state index contributed by atoms with van der Waals surface area (Å²) in [4.78, 5) is 7.79. The molecule has 0 N–H and O–H groups in total. The van der Waals surface area contributed by atoms with Crippen molar-refractivity contribution in [3.05, 3.63) is 35.9 Å². The molecule has 110 valence electrons. The third-order valence-electron chi connectivity index (χ3n) is 4.85. The van der Waals surface area contributed by atoms with Crippen LogP contribution in [-0.2, 0) is 6.54 Å². The average molecular weight is 273 g/mol. The number of benzene rings is 1. The Morgan fingerprint density at radius 3 is 2.30 bits per heavy atom. The van der Waals surface area contributed by atoms with Crippen molar-refractivity contribution in [2.45, 2.75) is 25.4 Å². The SMILES string of the molecule is CN1CCCC1CN1CCN(Cc2ccccc2)CC1. The van der Waals surface area contributed by atoms with Gasteiger partial charge in [-0.1, -0.05) is 30.3 Å². The van der Waals surface area contributed by atoms with Gasteiger partial charge in [-0.05, 0) is 32.0 Å². The minimum Gasteiger partial charge on any atom is -0.302 e. The molecule has 0 spiro atoms. The summed E-state index contributed by atoms with van der Waals surface area (Å²) in [5.74, 6) is 0. The molecule has 1 aromatic rings. The van der Waals surface area contributed by atoms with Crippen molar-refractivity contribution in [1.29, 1.82) is 0 Å². The molecular formula is C17H27N3. The fourth-order valence-corrected chi connectivity index (χ4v) is 3.48. The van der Waals surface area contributed by atoms with Gasteiger partial charge in [-0.3, -0.25) is 9.80 Å². The van der Waals surface area contributed by atoms with E-state index in [1.165, 1.54) is 57.7 Å². The lowest BCUT2D eigenvalue weighted by molar-refractivity contribution is 0.105. The Bertz CT molecular complexity index is 398. The van der Waals surface area contributed by atoms with Crippen molar-refractivity contribution in [2.75, 3.05) is 46.3 Å². The van der Waals surface area contributed by atoms with Gasteiger partial charge in [0.1, 0.15) is 0 Å². The second kappa shape index (κ2) is 6.70. The molecule has 3 rings (SSSR count). The Kier molecular flexibility index (Phi) is 4.71. The van der Waals surface area contributed by atoms with E-state index in [1.54, 1.807) is 0 Å². The van der Waals surface area contributed by atoms with Gasteiger partial charge in [0.2, 0.25) is 0 Å². The highest BCUT2D eigenvalue weighted by molar-refractivity contribution is 5.14. The van der Waals surface area contributed by atoms with Crippen LogP contribution in [-0.4, -0.2) is 67.1 Å². The van der Waals surface area contributed by atoms with E-state index in [9.17, 15) is 0 Å². The Morgan fingerprint density at radius 1 is 0.950 bits per heavy atom. The van der Waals surface area contributed by atoms with Crippen LogP contribution in [0.5, 0.6) is 0 Å². The number of hydrogen-bond acceptors (Lipinski definition) is 3. The summed E-state index contributed by atoms with van der Waals surface area (Å²) in [5.41, 5.74) is 1.44. The molecule has 3 nitrogen and oxygen atoms in total. The predicted molar refractivity (Wildman–Crippen MR) is 83.8 cm³/mol. The summed E-state index contributed by atoms with van der Waals surface area (Å²) in [7, 11) is 2.28. The van der Waals surface area contributed by atoms with Gasteiger partial charge in [0, 0.05) is 45.3 Å². The molecule has 20 heavy (non-hydrogen) atoms. The number of hydrogen-bond donors (Lipinski definition) is 0. The third kappa shape index (κ3) is 3.60. The summed E-state index contributed by atoms with van der Waals surface area (Å²) >= 11 is 0. The first-order valence-corrected chi connectivity index (χ1v) is 8.00. The standard InChI is InChI=1S/C17H27N3/c1-18-9-5-8-17(18)15-20-12-10-19(11-13-20)14-16-6-3-2-4-7-16/h2-4,6-7,17H,5,8-15H2,1H3. The summed E-state index contributed by atoms with van der Waals surface area (Å²) in [6.45, 7) is 8.57. The van der Waals surface area contributed by atoms with Crippen LogP contribution in [0.1, 0.15) is 18.4 Å². The molecule has 2 heterocycles. The van der Waals surface area contributed by atoms with Crippen LogP contribution in [0.3, 0.4) is 0 Å². The monoisotopic (exact) mass is 273 g/mol. The maximum atomic E-state index is 2.66.